The zero-order chi connectivity index (χ0) is 21.3. The maximum absolute atomic E-state index is 13.0. The Morgan fingerprint density at radius 1 is 1.13 bits per heavy atom. The Morgan fingerprint density at radius 3 is 2.37 bits per heavy atom. The van der Waals surface area contributed by atoms with Crippen LogP contribution in [0.5, 0.6) is 0 Å². The lowest BCUT2D eigenvalue weighted by atomic mass is 9.85. The fourth-order valence-electron chi connectivity index (χ4n) is 4.63. The molecule has 2 bridgehead atoms. The van der Waals surface area contributed by atoms with Crippen LogP contribution in [0.2, 0.25) is 5.02 Å². The fourth-order valence-corrected chi connectivity index (χ4v) is 6.05. The smallest absolute Gasteiger partial charge is 0.272 e. The highest BCUT2D eigenvalue weighted by molar-refractivity contribution is 8.26. The number of hydrogen-bond donors (Lipinski definition) is 0. The van der Waals surface area contributed by atoms with E-state index in [0.29, 0.717) is 5.56 Å². The van der Waals surface area contributed by atoms with Crippen molar-refractivity contribution in [2.75, 3.05) is 0 Å². The van der Waals surface area contributed by atoms with Gasteiger partial charge in [-0.05, 0) is 48.2 Å². The largest absolute Gasteiger partial charge is 0.288 e. The Labute approximate surface area is 184 Å². The number of halogens is 1. The Morgan fingerprint density at radius 2 is 1.77 bits per heavy atom. The number of hydrogen-bond acceptors (Lipinski definition) is 7. The maximum atomic E-state index is 13.0. The summed E-state index contributed by atoms with van der Waals surface area (Å²) in [4.78, 5) is 49.6. The molecular formula is C19H12ClN3O5S2. The van der Waals surface area contributed by atoms with Crippen LogP contribution in [0, 0.1) is 33.8 Å². The Hall–Kier alpha value is -2.56. The normalized spacial score (nSPS) is 30.9. The van der Waals surface area contributed by atoms with Gasteiger partial charge in [-0.25, -0.2) is 0 Å². The van der Waals surface area contributed by atoms with Crippen LogP contribution in [0.25, 0.3) is 6.08 Å². The molecule has 2 saturated heterocycles. The minimum Gasteiger partial charge on any atom is -0.272 e. The van der Waals surface area contributed by atoms with Gasteiger partial charge in [-0.2, -0.15) is 10.0 Å². The molecule has 1 saturated carbocycles. The third-order valence-electron chi connectivity index (χ3n) is 5.89. The van der Waals surface area contributed by atoms with Crippen molar-refractivity contribution < 1.29 is 19.3 Å². The van der Waals surface area contributed by atoms with Gasteiger partial charge < -0.3 is 0 Å². The number of benzene rings is 1. The van der Waals surface area contributed by atoms with Gasteiger partial charge in [0.2, 0.25) is 0 Å². The molecule has 4 atom stereocenters. The van der Waals surface area contributed by atoms with Crippen LogP contribution in [0.1, 0.15) is 12.0 Å². The summed E-state index contributed by atoms with van der Waals surface area (Å²) in [6.07, 6.45) is 6.16. The SMILES string of the molecule is O=C1/C(=C\c2ccc(Cl)c([N+](=O)[O-])c2)SC(=S)N1N1C(=O)C2C3C=CC(C3)C2C1=O. The molecule has 0 spiro atoms. The molecule has 3 fully saturated rings. The molecule has 2 aliphatic heterocycles. The molecule has 4 unspecified atom stereocenters. The molecule has 5 rings (SSSR count). The van der Waals surface area contributed by atoms with Crippen LogP contribution < -0.4 is 0 Å². The number of allylic oxidation sites excluding steroid dienone is 2. The third kappa shape index (κ3) is 2.67. The molecule has 2 aliphatic carbocycles. The minimum atomic E-state index is -0.618. The molecule has 11 heteroatoms. The lowest BCUT2D eigenvalue weighted by Crippen LogP contribution is -2.49. The second-order valence-electron chi connectivity index (χ2n) is 7.45. The Balaban J connectivity index is 1.45. The van der Waals surface area contributed by atoms with Gasteiger partial charge in [-0.1, -0.05) is 41.6 Å². The molecule has 30 heavy (non-hydrogen) atoms. The number of nitrogens with zero attached hydrogens (tertiary/aromatic N) is 3. The topological polar surface area (TPSA) is 101 Å². The molecular weight excluding hydrogens is 450 g/mol. The lowest BCUT2D eigenvalue weighted by Gasteiger charge is -2.25. The predicted molar refractivity (Wildman–Crippen MR) is 113 cm³/mol. The second kappa shape index (κ2) is 6.73. The van der Waals surface area contributed by atoms with E-state index < -0.39 is 34.5 Å². The number of imide groups is 1. The number of nitro groups is 1. The quantitative estimate of drug-likeness (QED) is 0.170. The van der Waals surface area contributed by atoms with Crippen molar-refractivity contribution in [3.8, 4) is 0 Å². The zero-order valence-corrected chi connectivity index (χ0v) is 17.4. The summed E-state index contributed by atoms with van der Waals surface area (Å²) in [5.74, 6) is -2.26. The van der Waals surface area contributed by atoms with Gasteiger partial charge in [0, 0.05) is 6.07 Å². The fraction of sp³-hybridized carbons (Fsp3) is 0.263. The van der Waals surface area contributed by atoms with Crippen molar-refractivity contribution in [2.24, 2.45) is 23.7 Å². The van der Waals surface area contributed by atoms with Crippen LogP contribution in [0.3, 0.4) is 0 Å². The average Bonchev–Trinajstić information content (AvgIpc) is 3.43. The summed E-state index contributed by atoms with van der Waals surface area (Å²) in [6, 6.07) is 4.14. The molecule has 0 aromatic heterocycles. The molecule has 0 radical (unpaired) electrons. The average molecular weight is 462 g/mol. The number of carbonyl (C=O) groups is 3. The first-order chi connectivity index (χ1) is 14.3. The molecule has 2 heterocycles. The van der Waals surface area contributed by atoms with Gasteiger partial charge in [-0.3, -0.25) is 24.5 Å². The van der Waals surface area contributed by atoms with E-state index in [-0.39, 0.29) is 31.8 Å². The summed E-state index contributed by atoms with van der Waals surface area (Å²) in [5.41, 5.74) is 0.0892. The number of amides is 3. The predicted octanol–water partition coefficient (Wildman–Crippen LogP) is 3.17. The van der Waals surface area contributed by atoms with Crippen LogP contribution >= 0.6 is 35.6 Å². The van der Waals surface area contributed by atoms with Gasteiger partial charge >= 0.3 is 0 Å². The number of thioether (sulfide) groups is 1. The number of hydrazine groups is 1. The molecule has 3 amide bonds. The van der Waals surface area contributed by atoms with Crippen LogP contribution in [-0.4, -0.2) is 37.0 Å². The summed E-state index contributed by atoms with van der Waals surface area (Å²) >= 11 is 12.0. The summed E-state index contributed by atoms with van der Waals surface area (Å²) < 4.78 is 0.0664. The van der Waals surface area contributed by atoms with E-state index in [0.717, 1.165) is 28.2 Å². The Kier molecular flexibility index (Phi) is 4.35. The third-order valence-corrected chi connectivity index (χ3v) is 7.49. The minimum absolute atomic E-state index is 0.0185. The van der Waals surface area contributed by atoms with Gasteiger partial charge in [0.15, 0.2) is 4.32 Å². The molecule has 1 aromatic carbocycles. The van der Waals surface area contributed by atoms with E-state index in [4.69, 9.17) is 23.8 Å². The molecule has 0 N–H and O–H groups in total. The van der Waals surface area contributed by atoms with E-state index in [1.54, 1.807) is 0 Å². The summed E-state index contributed by atoms with van der Waals surface area (Å²) in [6.45, 7) is 0. The van der Waals surface area contributed by atoms with Crippen molar-refractivity contribution in [2.45, 2.75) is 6.42 Å². The van der Waals surface area contributed by atoms with Gasteiger partial charge in [0.05, 0.1) is 21.7 Å². The summed E-state index contributed by atoms with van der Waals surface area (Å²) in [5, 5.41) is 12.9. The number of thiocarbonyl (C=S) groups is 1. The highest BCUT2D eigenvalue weighted by Gasteiger charge is 2.62. The van der Waals surface area contributed by atoms with Crippen LogP contribution in [-0.2, 0) is 14.4 Å². The van der Waals surface area contributed by atoms with Gasteiger partial charge in [0.25, 0.3) is 23.4 Å². The van der Waals surface area contributed by atoms with Crippen molar-refractivity contribution in [3.63, 3.8) is 0 Å². The standard InChI is InChI=1S/C19H12ClN3O5S2/c20-11-4-1-8(5-12(11)23(27)28)6-13-16(24)22(19(29)30-13)21-17(25)14-9-2-3-10(7-9)15(14)18(21)26/h1-6,9-10,14-15H,7H2/b13-6+. The van der Waals surface area contributed by atoms with Gasteiger partial charge in [-0.15, -0.1) is 0 Å². The van der Waals surface area contributed by atoms with E-state index in [2.05, 4.69) is 0 Å². The van der Waals surface area contributed by atoms with Crippen LogP contribution in [0.4, 0.5) is 5.69 Å². The van der Waals surface area contributed by atoms with E-state index in [1.165, 1.54) is 24.3 Å². The van der Waals surface area contributed by atoms with Crippen molar-refractivity contribution in [1.29, 1.82) is 0 Å². The highest BCUT2D eigenvalue weighted by atomic mass is 35.5. The van der Waals surface area contributed by atoms with E-state index in [1.807, 2.05) is 12.2 Å². The number of rotatable bonds is 3. The second-order valence-corrected chi connectivity index (χ2v) is 9.53. The number of fused-ring (bicyclic) bond motifs is 5. The summed E-state index contributed by atoms with van der Waals surface area (Å²) in [7, 11) is 0. The van der Waals surface area contributed by atoms with Gasteiger partial charge in [0.1, 0.15) is 5.02 Å². The van der Waals surface area contributed by atoms with E-state index >= 15 is 0 Å². The molecule has 4 aliphatic rings. The molecule has 1 aromatic rings. The zero-order valence-electron chi connectivity index (χ0n) is 15.1. The van der Waals surface area contributed by atoms with Crippen molar-refractivity contribution in [3.05, 3.63) is 56.0 Å². The molecule has 152 valence electrons. The van der Waals surface area contributed by atoms with Crippen molar-refractivity contribution in [1.82, 2.24) is 10.0 Å². The number of nitro benzene ring substituents is 1. The Bertz CT molecular complexity index is 1100. The number of carbonyl (C=O) groups excluding carboxylic acids is 3. The monoisotopic (exact) mass is 461 g/mol. The van der Waals surface area contributed by atoms with Crippen molar-refractivity contribution >= 4 is 69.4 Å². The lowest BCUT2D eigenvalue weighted by molar-refractivity contribution is -0.384. The maximum Gasteiger partial charge on any atom is 0.288 e. The van der Waals surface area contributed by atoms with Crippen LogP contribution in [0.15, 0.2) is 35.3 Å². The first-order valence-electron chi connectivity index (χ1n) is 9.06. The highest BCUT2D eigenvalue weighted by Crippen LogP contribution is 2.53. The first kappa shape index (κ1) is 19.4. The molecule has 8 nitrogen and oxygen atoms in total. The van der Waals surface area contributed by atoms with E-state index in [9.17, 15) is 24.5 Å². The first-order valence-corrected chi connectivity index (χ1v) is 10.7.